The van der Waals surface area contributed by atoms with Gasteiger partial charge in [0.25, 0.3) is 30.0 Å². The van der Waals surface area contributed by atoms with Gasteiger partial charge in [0.05, 0.1) is 6.54 Å². The van der Waals surface area contributed by atoms with Crippen LogP contribution in [0, 0.1) is 6.92 Å². The zero-order chi connectivity index (χ0) is 17.4. The summed E-state index contributed by atoms with van der Waals surface area (Å²) >= 11 is 0. The van der Waals surface area contributed by atoms with Crippen molar-refractivity contribution >= 4 is 30.0 Å². The van der Waals surface area contributed by atoms with Gasteiger partial charge in [-0.3, -0.25) is 19.4 Å². The molecule has 126 valence electrons. The maximum Gasteiger partial charge on any atom is 0.333 e. The second-order valence-corrected chi connectivity index (χ2v) is 5.43. The molecule has 1 atom stereocenters. The van der Waals surface area contributed by atoms with Crippen molar-refractivity contribution in [1.29, 1.82) is 0 Å². The zero-order valence-corrected chi connectivity index (χ0v) is 13.4. The van der Waals surface area contributed by atoms with Crippen LogP contribution in [0.5, 0.6) is 0 Å². The van der Waals surface area contributed by atoms with Gasteiger partial charge in [0.1, 0.15) is 0 Å². The van der Waals surface area contributed by atoms with Gasteiger partial charge >= 0.3 is 6.03 Å². The molecule has 11 nitrogen and oxygen atoms in total. The van der Waals surface area contributed by atoms with Gasteiger partial charge in [-0.25, -0.2) is 9.37 Å². The highest BCUT2D eigenvalue weighted by Gasteiger charge is 2.50. The molecule has 0 spiro atoms. The van der Waals surface area contributed by atoms with E-state index in [2.05, 4.69) is 20.4 Å². The largest absolute Gasteiger partial charge is 0.344 e. The van der Waals surface area contributed by atoms with Crippen molar-refractivity contribution in [3.63, 3.8) is 0 Å². The Morgan fingerprint density at radius 1 is 1.38 bits per heavy atom. The average molecular weight is 334 g/mol. The summed E-state index contributed by atoms with van der Waals surface area (Å²) in [4.78, 5) is 46.6. The zero-order valence-electron chi connectivity index (χ0n) is 13.4. The van der Waals surface area contributed by atoms with Crippen molar-refractivity contribution in [3.8, 4) is 0 Å². The van der Waals surface area contributed by atoms with Crippen LogP contribution in [-0.4, -0.2) is 81.2 Å². The van der Waals surface area contributed by atoms with E-state index in [9.17, 15) is 14.4 Å². The quantitative estimate of drug-likeness (QED) is 0.657. The number of carbonyl (C=O) groups is 3. The third-order valence-corrected chi connectivity index (χ3v) is 3.73. The number of urea groups is 1. The molecule has 2 aliphatic rings. The number of fused-ring (bicyclic) bond motifs is 1. The molecular formula is C13H16N7O4+. The Morgan fingerprint density at radius 2 is 2.12 bits per heavy atom. The third-order valence-electron chi connectivity index (χ3n) is 3.73. The number of hydrogen-bond donors (Lipinski definition) is 1. The van der Waals surface area contributed by atoms with Gasteiger partial charge in [0, 0.05) is 14.1 Å². The molecule has 3 rings (SSSR count). The normalized spacial score (nSPS) is 20.0. The van der Waals surface area contributed by atoms with E-state index in [-0.39, 0.29) is 19.0 Å². The molecule has 1 saturated heterocycles. The fourth-order valence-electron chi connectivity index (χ4n) is 2.48. The number of hydrogen-bond acceptors (Lipinski definition) is 7. The van der Waals surface area contributed by atoms with Gasteiger partial charge in [-0.15, -0.1) is 0 Å². The van der Waals surface area contributed by atoms with Gasteiger partial charge in [0.2, 0.25) is 5.89 Å². The molecule has 24 heavy (non-hydrogen) atoms. The SMILES string of the molecule is Cc1noc(CNC(=O)C[N+]2=CN=C3C2C(=O)N(C)C(=O)N3C)n1. The molecule has 1 aromatic heterocycles. The molecule has 3 heterocycles. The van der Waals surface area contributed by atoms with Gasteiger partial charge < -0.3 is 9.84 Å². The highest BCUT2D eigenvalue weighted by atomic mass is 16.5. The monoisotopic (exact) mass is 334 g/mol. The van der Waals surface area contributed by atoms with Crippen LogP contribution in [0.3, 0.4) is 0 Å². The lowest BCUT2D eigenvalue weighted by Crippen LogP contribution is -2.62. The summed E-state index contributed by atoms with van der Waals surface area (Å²) < 4.78 is 6.38. The van der Waals surface area contributed by atoms with Gasteiger partial charge in [-0.2, -0.15) is 4.98 Å². The Bertz CT molecular complexity index is 781. The molecule has 4 amide bonds. The van der Waals surface area contributed by atoms with Crippen LogP contribution in [0.1, 0.15) is 11.7 Å². The van der Waals surface area contributed by atoms with Crippen molar-refractivity contribution in [1.82, 2.24) is 25.3 Å². The Labute approximate surface area is 136 Å². The Balaban J connectivity index is 1.63. The molecule has 2 aliphatic heterocycles. The first kappa shape index (κ1) is 15.8. The maximum absolute atomic E-state index is 12.3. The smallest absolute Gasteiger partial charge is 0.333 e. The first-order valence-electron chi connectivity index (χ1n) is 7.16. The number of nitrogens with one attached hydrogen (secondary N) is 1. The fraction of sp³-hybridized carbons (Fsp3) is 0.462. The molecule has 0 saturated carbocycles. The van der Waals surface area contributed by atoms with E-state index < -0.39 is 18.0 Å². The van der Waals surface area contributed by atoms with E-state index in [1.807, 2.05) is 0 Å². The number of rotatable bonds is 4. The minimum Gasteiger partial charge on any atom is -0.344 e. The van der Waals surface area contributed by atoms with Gasteiger partial charge in [-0.05, 0) is 11.9 Å². The van der Waals surface area contributed by atoms with Gasteiger partial charge in [0.15, 0.2) is 12.4 Å². The number of imide groups is 1. The van der Waals surface area contributed by atoms with Crippen LogP contribution in [0.25, 0.3) is 0 Å². The number of aromatic nitrogens is 2. The molecule has 1 unspecified atom stereocenters. The average Bonchev–Trinajstić information content (AvgIpc) is 3.15. The third kappa shape index (κ3) is 2.64. The fourth-order valence-corrected chi connectivity index (χ4v) is 2.48. The molecule has 0 aromatic carbocycles. The second-order valence-electron chi connectivity index (χ2n) is 5.43. The number of amidine groups is 1. The second kappa shape index (κ2) is 5.83. The van der Waals surface area contributed by atoms with E-state index in [1.54, 1.807) is 6.92 Å². The summed E-state index contributed by atoms with van der Waals surface area (Å²) in [6.07, 6.45) is 1.39. The number of nitrogens with zero attached hydrogens (tertiary/aromatic N) is 6. The molecule has 1 aromatic rings. The van der Waals surface area contributed by atoms with Crippen LogP contribution in [-0.2, 0) is 16.1 Å². The van der Waals surface area contributed by atoms with E-state index in [0.29, 0.717) is 17.6 Å². The molecule has 1 fully saturated rings. The van der Waals surface area contributed by atoms with E-state index in [0.717, 1.165) is 4.90 Å². The molecule has 0 radical (unpaired) electrons. The predicted octanol–water partition coefficient (Wildman–Crippen LogP) is -1.66. The van der Waals surface area contributed by atoms with Crippen LogP contribution in [0.2, 0.25) is 0 Å². The number of amides is 4. The molecular weight excluding hydrogens is 318 g/mol. The topological polar surface area (TPSA) is 124 Å². The predicted molar refractivity (Wildman–Crippen MR) is 79.2 cm³/mol. The lowest BCUT2D eigenvalue weighted by molar-refractivity contribution is -0.519. The summed E-state index contributed by atoms with van der Waals surface area (Å²) in [5.41, 5.74) is 0. The van der Waals surface area contributed by atoms with Crippen molar-refractivity contribution < 1.29 is 23.5 Å². The Kier molecular flexibility index (Phi) is 3.83. The van der Waals surface area contributed by atoms with E-state index >= 15 is 0 Å². The van der Waals surface area contributed by atoms with E-state index in [1.165, 1.54) is 29.9 Å². The first-order chi connectivity index (χ1) is 11.4. The summed E-state index contributed by atoms with van der Waals surface area (Å²) in [5, 5.41) is 6.25. The number of carbonyl (C=O) groups excluding carboxylic acids is 3. The molecule has 1 N–H and O–H groups in total. The summed E-state index contributed by atoms with van der Waals surface area (Å²) in [6.45, 7) is 1.68. The first-order valence-corrected chi connectivity index (χ1v) is 7.16. The number of aliphatic imine (C=N–C) groups is 1. The molecule has 0 aliphatic carbocycles. The Hall–Kier alpha value is -3.11. The maximum atomic E-state index is 12.3. The summed E-state index contributed by atoms with van der Waals surface area (Å²) in [5.74, 6) is 0.318. The van der Waals surface area contributed by atoms with E-state index in [4.69, 9.17) is 4.52 Å². The number of aryl methyl sites for hydroxylation is 1. The highest BCUT2D eigenvalue weighted by Crippen LogP contribution is 2.16. The molecule has 11 heteroatoms. The van der Waals surface area contributed by atoms with Gasteiger partial charge in [-0.1, -0.05) is 5.16 Å². The lowest BCUT2D eigenvalue weighted by atomic mass is 10.1. The minimum atomic E-state index is -0.783. The summed E-state index contributed by atoms with van der Waals surface area (Å²) in [6, 6.07) is -1.24. The van der Waals surface area contributed by atoms with Crippen molar-refractivity contribution in [2.24, 2.45) is 4.99 Å². The summed E-state index contributed by atoms with van der Waals surface area (Å²) in [7, 11) is 2.93. The lowest BCUT2D eigenvalue weighted by Gasteiger charge is -2.30. The number of likely N-dealkylation sites (N-methyl/N-ethyl adjacent to an activating group) is 2. The highest BCUT2D eigenvalue weighted by molar-refractivity contribution is 6.21. The van der Waals surface area contributed by atoms with Crippen LogP contribution in [0.4, 0.5) is 4.79 Å². The van der Waals surface area contributed by atoms with Crippen LogP contribution < -0.4 is 5.32 Å². The van der Waals surface area contributed by atoms with Crippen molar-refractivity contribution in [2.45, 2.75) is 19.5 Å². The van der Waals surface area contributed by atoms with Crippen molar-refractivity contribution in [3.05, 3.63) is 11.7 Å². The van der Waals surface area contributed by atoms with Crippen LogP contribution in [0.15, 0.2) is 9.52 Å². The minimum absolute atomic E-state index is 0.0909. The van der Waals surface area contributed by atoms with Crippen LogP contribution >= 0.6 is 0 Å². The van der Waals surface area contributed by atoms with Crippen molar-refractivity contribution in [2.75, 3.05) is 20.6 Å². The standard InChI is InChI=1S/C13H15N7O4/c1-7-16-9(24-17-7)4-14-8(21)5-20-6-15-11-10(20)12(22)19(3)13(23)18(11)2/h6,10H,4-5H2,1-3H3/p+1. The molecule has 0 bridgehead atoms. The Morgan fingerprint density at radius 3 is 2.79 bits per heavy atom.